The molecule has 0 fully saturated rings. The molecule has 0 spiro atoms. The lowest BCUT2D eigenvalue weighted by atomic mass is 10.0. The van der Waals surface area contributed by atoms with Crippen molar-refractivity contribution in [3.63, 3.8) is 0 Å². The Morgan fingerprint density at radius 1 is 1.13 bits per heavy atom. The van der Waals surface area contributed by atoms with E-state index in [0.717, 1.165) is 11.1 Å². The fraction of sp³-hybridized carbons (Fsp3) is 0.263. The monoisotopic (exact) mass is 311 g/mol. The number of rotatable bonds is 5. The average Bonchev–Trinajstić information content (AvgIpc) is 2.54. The van der Waals surface area contributed by atoms with Crippen molar-refractivity contribution < 1.29 is 14.7 Å². The van der Waals surface area contributed by atoms with Crippen molar-refractivity contribution in [1.82, 2.24) is 4.90 Å². The molecule has 0 saturated carbocycles. The SMILES string of the molecule is Cc1ccccc1C(C)N(C)C(=O)Cc1cccc(C(=O)O)c1. The summed E-state index contributed by atoms with van der Waals surface area (Å²) in [4.78, 5) is 25.2. The van der Waals surface area contributed by atoms with E-state index in [-0.39, 0.29) is 23.9 Å². The maximum absolute atomic E-state index is 12.5. The van der Waals surface area contributed by atoms with Crippen molar-refractivity contribution in [3.05, 3.63) is 70.8 Å². The first-order valence-corrected chi connectivity index (χ1v) is 7.53. The molecule has 0 bridgehead atoms. The molecule has 0 aromatic heterocycles. The Morgan fingerprint density at radius 3 is 2.48 bits per heavy atom. The van der Waals surface area contributed by atoms with E-state index in [2.05, 4.69) is 0 Å². The smallest absolute Gasteiger partial charge is 0.335 e. The van der Waals surface area contributed by atoms with Gasteiger partial charge in [0.1, 0.15) is 0 Å². The van der Waals surface area contributed by atoms with Crippen molar-refractivity contribution in [2.45, 2.75) is 26.3 Å². The van der Waals surface area contributed by atoms with E-state index in [1.165, 1.54) is 6.07 Å². The molecule has 0 aliphatic rings. The number of amides is 1. The van der Waals surface area contributed by atoms with Crippen LogP contribution in [0.25, 0.3) is 0 Å². The number of hydrogen-bond acceptors (Lipinski definition) is 2. The molecule has 23 heavy (non-hydrogen) atoms. The minimum absolute atomic E-state index is 0.0358. The number of carboxylic acid groups (broad SMARTS) is 1. The van der Waals surface area contributed by atoms with Gasteiger partial charge in [0.2, 0.25) is 5.91 Å². The molecule has 1 unspecified atom stereocenters. The van der Waals surface area contributed by atoms with Gasteiger partial charge < -0.3 is 10.0 Å². The Balaban J connectivity index is 2.12. The van der Waals surface area contributed by atoms with Crippen LogP contribution >= 0.6 is 0 Å². The predicted molar refractivity (Wildman–Crippen MR) is 89.5 cm³/mol. The summed E-state index contributed by atoms with van der Waals surface area (Å²) in [7, 11) is 1.78. The van der Waals surface area contributed by atoms with Gasteiger partial charge in [0, 0.05) is 7.05 Å². The zero-order valence-electron chi connectivity index (χ0n) is 13.6. The van der Waals surface area contributed by atoms with Crippen LogP contribution in [0.1, 0.15) is 40.0 Å². The number of aryl methyl sites for hydroxylation is 1. The minimum Gasteiger partial charge on any atom is -0.478 e. The molecule has 1 amide bonds. The Bertz CT molecular complexity index is 724. The minimum atomic E-state index is -0.985. The van der Waals surface area contributed by atoms with E-state index in [1.807, 2.05) is 38.1 Å². The number of aromatic carboxylic acids is 1. The van der Waals surface area contributed by atoms with Gasteiger partial charge in [0.25, 0.3) is 0 Å². The van der Waals surface area contributed by atoms with Gasteiger partial charge in [-0.1, -0.05) is 36.4 Å². The van der Waals surface area contributed by atoms with E-state index in [4.69, 9.17) is 5.11 Å². The Labute approximate surface area is 136 Å². The zero-order chi connectivity index (χ0) is 17.0. The molecule has 2 rings (SSSR count). The van der Waals surface area contributed by atoms with Crippen LogP contribution in [-0.4, -0.2) is 28.9 Å². The summed E-state index contributed by atoms with van der Waals surface area (Å²) in [6, 6.07) is 14.5. The molecule has 0 heterocycles. The van der Waals surface area contributed by atoms with Crippen molar-refractivity contribution in [1.29, 1.82) is 0 Å². The highest BCUT2D eigenvalue weighted by molar-refractivity contribution is 5.88. The molecule has 0 radical (unpaired) electrons. The lowest BCUT2D eigenvalue weighted by Gasteiger charge is -2.26. The summed E-state index contributed by atoms with van der Waals surface area (Å²) < 4.78 is 0. The number of carbonyl (C=O) groups excluding carboxylic acids is 1. The Morgan fingerprint density at radius 2 is 1.83 bits per heavy atom. The molecular formula is C19H21NO3. The van der Waals surface area contributed by atoms with E-state index < -0.39 is 5.97 Å². The second-order valence-electron chi connectivity index (χ2n) is 5.72. The molecule has 0 aliphatic carbocycles. The van der Waals surface area contributed by atoms with Gasteiger partial charge in [-0.2, -0.15) is 0 Å². The largest absolute Gasteiger partial charge is 0.478 e. The standard InChI is InChI=1S/C19H21NO3/c1-13-7-4-5-10-17(13)14(2)20(3)18(21)12-15-8-6-9-16(11-15)19(22)23/h4-11,14H,12H2,1-3H3,(H,22,23). The first kappa shape index (κ1) is 16.7. The van der Waals surface area contributed by atoms with Gasteiger partial charge in [0.15, 0.2) is 0 Å². The number of likely N-dealkylation sites (N-methyl/N-ethyl adjacent to an activating group) is 1. The molecule has 0 saturated heterocycles. The highest BCUT2D eigenvalue weighted by atomic mass is 16.4. The molecule has 2 aromatic rings. The topological polar surface area (TPSA) is 57.6 Å². The second-order valence-corrected chi connectivity index (χ2v) is 5.72. The van der Waals surface area contributed by atoms with Crippen LogP contribution in [0.5, 0.6) is 0 Å². The molecular weight excluding hydrogens is 290 g/mol. The van der Waals surface area contributed by atoms with Gasteiger partial charge >= 0.3 is 5.97 Å². The number of nitrogens with zero attached hydrogens (tertiary/aromatic N) is 1. The quantitative estimate of drug-likeness (QED) is 0.920. The van der Waals surface area contributed by atoms with E-state index in [1.54, 1.807) is 30.1 Å². The molecule has 4 nitrogen and oxygen atoms in total. The fourth-order valence-corrected chi connectivity index (χ4v) is 2.59. The van der Waals surface area contributed by atoms with Crippen LogP contribution in [0.4, 0.5) is 0 Å². The average molecular weight is 311 g/mol. The second kappa shape index (κ2) is 7.09. The molecule has 1 N–H and O–H groups in total. The summed E-state index contributed by atoms with van der Waals surface area (Å²) in [6.07, 6.45) is 0.188. The highest BCUT2D eigenvalue weighted by Gasteiger charge is 2.19. The third-order valence-electron chi connectivity index (χ3n) is 4.14. The number of hydrogen-bond donors (Lipinski definition) is 1. The maximum atomic E-state index is 12.5. The van der Waals surface area contributed by atoms with Crippen LogP contribution < -0.4 is 0 Å². The summed E-state index contributed by atoms with van der Waals surface area (Å²) >= 11 is 0. The van der Waals surface area contributed by atoms with Crippen LogP contribution in [0.3, 0.4) is 0 Å². The summed E-state index contributed by atoms with van der Waals surface area (Å²) in [5.74, 6) is -1.02. The molecule has 120 valence electrons. The third-order valence-corrected chi connectivity index (χ3v) is 4.14. The van der Waals surface area contributed by atoms with Crippen molar-refractivity contribution in [3.8, 4) is 0 Å². The van der Waals surface area contributed by atoms with E-state index >= 15 is 0 Å². The highest BCUT2D eigenvalue weighted by Crippen LogP contribution is 2.22. The van der Waals surface area contributed by atoms with Crippen LogP contribution in [-0.2, 0) is 11.2 Å². The lowest BCUT2D eigenvalue weighted by molar-refractivity contribution is -0.131. The molecule has 1 atom stereocenters. The lowest BCUT2D eigenvalue weighted by Crippen LogP contribution is -2.31. The maximum Gasteiger partial charge on any atom is 0.335 e. The third kappa shape index (κ3) is 3.97. The van der Waals surface area contributed by atoms with Crippen LogP contribution in [0, 0.1) is 6.92 Å². The van der Waals surface area contributed by atoms with Gasteiger partial charge in [-0.15, -0.1) is 0 Å². The van der Waals surface area contributed by atoms with E-state index in [9.17, 15) is 9.59 Å². The Kier molecular flexibility index (Phi) is 5.16. The first-order chi connectivity index (χ1) is 10.9. The summed E-state index contributed by atoms with van der Waals surface area (Å²) in [5.41, 5.74) is 3.17. The van der Waals surface area contributed by atoms with Crippen molar-refractivity contribution in [2.75, 3.05) is 7.05 Å². The van der Waals surface area contributed by atoms with Gasteiger partial charge in [-0.3, -0.25) is 4.79 Å². The normalized spacial score (nSPS) is 11.8. The van der Waals surface area contributed by atoms with Crippen LogP contribution in [0.2, 0.25) is 0 Å². The number of benzene rings is 2. The number of carbonyl (C=O) groups is 2. The first-order valence-electron chi connectivity index (χ1n) is 7.53. The summed E-state index contributed by atoms with van der Waals surface area (Å²) in [6.45, 7) is 4.02. The van der Waals surface area contributed by atoms with Crippen molar-refractivity contribution >= 4 is 11.9 Å². The zero-order valence-corrected chi connectivity index (χ0v) is 13.6. The molecule has 2 aromatic carbocycles. The number of carboxylic acids is 1. The Hall–Kier alpha value is -2.62. The van der Waals surface area contributed by atoms with E-state index in [0.29, 0.717) is 5.56 Å². The summed E-state index contributed by atoms with van der Waals surface area (Å²) in [5, 5.41) is 9.02. The molecule has 0 aliphatic heterocycles. The van der Waals surface area contributed by atoms with Crippen molar-refractivity contribution in [2.24, 2.45) is 0 Å². The predicted octanol–water partition coefficient (Wildman–Crippen LogP) is 3.46. The van der Waals surface area contributed by atoms with Crippen LogP contribution in [0.15, 0.2) is 48.5 Å². The van der Waals surface area contributed by atoms with Gasteiger partial charge in [-0.05, 0) is 42.7 Å². The molecule has 4 heteroatoms. The fourth-order valence-electron chi connectivity index (χ4n) is 2.59. The van der Waals surface area contributed by atoms with Gasteiger partial charge in [0.05, 0.1) is 18.0 Å². The van der Waals surface area contributed by atoms with Gasteiger partial charge in [-0.25, -0.2) is 4.79 Å².